The molecule has 7 heteroatoms. The summed E-state index contributed by atoms with van der Waals surface area (Å²) in [5.41, 5.74) is 7.00. The highest BCUT2D eigenvalue weighted by molar-refractivity contribution is 5.84. The molecule has 0 aromatic heterocycles. The second kappa shape index (κ2) is 5.64. The number of rotatable bonds is 4. The molecule has 0 aliphatic heterocycles. The number of hydrogen-bond acceptors (Lipinski definition) is 3. The van der Waals surface area contributed by atoms with Crippen LogP contribution in [0.5, 0.6) is 5.75 Å². The molecule has 0 saturated heterocycles. The van der Waals surface area contributed by atoms with Crippen molar-refractivity contribution in [2.24, 2.45) is 10.8 Å². The van der Waals surface area contributed by atoms with Crippen LogP contribution in [0.3, 0.4) is 0 Å². The Morgan fingerprint density at radius 2 is 2.19 bits per heavy atom. The largest absolute Gasteiger partial charge is 0.434 e. The van der Waals surface area contributed by atoms with Gasteiger partial charge in [0.15, 0.2) is 0 Å². The third kappa shape index (κ3) is 3.91. The summed E-state index contributed by atoms with van der Waals surface area (Å²) in [5, 5.41) is 3.43. The number of halogens is 2. The normalized spacial score (nSPS) is 10.7. The zero-order chi connectivity index (χ0) is 12.0. The minimum Gasteiger partial charge on any atom is -0.434 e. The number of alkyl halides is 2. The summed E-state index contributed by atoms with van der Waals surface area (Å²) in [6.45, 7) is -2.92. The number of nitrogens with one attached hydrogen (secondary N) is 1. The van der Waals surface area contributed by atoms with Gasteiger partial charge in [-0.1, -0.05) is 12.1 Å². The molecule has 86 valence electrons. The molecule has 0 aliphatic rings. The number of hydrazone groups is 1. The summed E-state index contributed by atoms with van der Waals surface area (Å²) in [6.07, 6.45) is 1.16. The molecule has 0 bridgehead atoms. The van der Waals surface area contributed by atoms with Gasteiger partial charge in [0.25, 0.3) is 0 Å². The van der Waals surface area contributed by atoms with Crippen molar-refractivity contribution in [1.29, 1.82) is 0 Å². The number of primary amides is 1. The van der Waals surface area contributed by atoms with Crippen LogP contribution >= 0.6 is 0 Å². The minimum atomic E-state index is -2.92. The maximum atomic E-state index is 12.0. The lowest BCUT2D eigenvalue weighted by Crippen LogP contribution is -2.24. The first-order chi connectivity index (χ1) is 7.59. The zero-order valence-electron chi connectivity index (χ0n) is 8.06. The lowest BCUT2D eigenvalue weighted by Gasteiger charge is -2.06. The van der Waals surface area contributed by atoms with Gasteiger partial charge in [-0.25, -0.2) is 10.2 Å². The number of ether oxygens (including phenoxy) is 1. The number of carbonyl (C=O) groups is 1. The average molecular weight is 229 g/mol. The van der Waals surface area contributed by atoms with Crippen molar-refractivity contribution in [2.75, 3.05) is 0 Å². The predicted octanol–water partition coefficient (Wildman–Crippen LogP) is 1.29. The van der Waals surface area contributed by atoms with Crippen LogP contribution in [0.2, 0.25) is 0 Å². The van der Waals surface area contributed by atoms with Gasteiger partial charge in [0.1, 0.15) is 5.75 Å². The Kier molecular flexibility index (Phi) is 4.19. The summed E-state index contributed by atoms with van der Waals surface area (Å²) >= 11 is 0. The highest BCUT2D eigenvalue weighted by Crippen LogP contribution is 2.18. The lowest BCUT2D eigenvalue weighted by atomic mass is 10.2. The van der Waals surface area contributed by atoms with Crippen molar-refractivity contribution in [3.63, 3.8) is 0 Å². The number of carbonyl (C=O) groups excluding carboxylic acids is 1. The molecule has 16 heavy (non-hydrogen) atoms. The molecule has 1 aromatic carbocycles. The van der Waals surface area contributed by atoms with Crippen molar-refractivity contribution in [3.8, 4) is 5.75 Å². The highest BCUT2D eigenvalue weighted by atomic mass is 19.3. The Hall–Kier alpha value is -2.18. The van der Waals surface area contributed by atoms with E-state index in [1.54, 1.807) is 6.07 Å². The van der Waals surface area contributed by atoms with Crippen molar-refractivity contribution >= 4 is 12.2 Å². The van der Waals surface area contributed by atoms with Crippen LogP contribution in [-0.4, -0.2) is 18.9 Å². The second-order valence-corrected chi connectivity index (χ2v) is 2.65. The quantitative estimate of drug-likeness (QED) is 0.602. The van der Waals surface area contributed by atoms with Gasteiger partial charge >= 0.3 is 12.6 Å². The number of nitrogens with zero attached hydrogens (tertiary/aromatic N) is 1. The lowest BCUT2D eigenvalue weighted by molar-refractivity contribution is -0.0499. The predicted molar refractivity (Wildman–Crippen MR) is 53.4 cm³/mol. The number of nitrogens with two attached hydrogens (primary N) is 1. The third-order valence-corrected chi connectivity index (χ3v) is 1.51. The van der Waals surface area contributed by atoms with Crippen LogP contribution in [0.25, 0.3) is 0 Å². The molecule has 2 amide bonds. The molecule has 0 saturated carbocycles. The molecular formula is C9H9F2N3O2. The van der Waals surface area contributed by atoms with E-state index in [0.717, 1.165) is 6.21 Å². The number of urea groups is 1. The Bertz CT molecular complexity index is 396. The van der Waals surface area contributed by atoms with Gasteiger partial charge in [-0.05, 0) is 12.1 Å². The van der Waals surface area contributed by atoms with Gasteiger partial charge in [-0.15, -0.1) is 0 Å². The maximum absolute atomic E-state index is 12.0. The molecule has 0 spiro atoms. The fourth-order valence-electron chi connectivity index (χ4n) is 0.956. The summed E-state index contributed by atoms with van der Waals surface area (Å²) in [6, 6.07) is 5.17. The van der Waals surface area contributed by atoms with E-state index in [-0.39, 0.29) is 5.75 Å². The van der Waals surface area contributed by atoms with Crippen LogP contribution in [-0.2, 0) is 0 Å². The third-order valence-electron chi connectivity index (χ3n) is 1.51. The first-order valence-corrected chi connectivity index (χ1v) is 4.22. The standard InChI is InChI=1S/C9H9F2N3O2/c10-8(11)16-7-4-2-1-3-6(7)5-13-14-9(12)15/h1-5,8H,(H3,12,14,15). The number of para-hydroxylation sites is 1. The van der Waals surface area contributed by atoms with Crippen molar-refractivity contribution in [2.45, 2.75) is 6.61 Å². The van der Waals surface area contributed by atoms with Gasteiger partial charge in [0.05, 0.1) is 6.21 Å². The van der Waals surface area contributed by atoms with Crippen LogP contribution in [0, 0.1) is 0 Å². The topological polar surface area (TPSA) is 76.7 Å². The highest BCUT2D eigenvalue weighted by Gasteiger charge is 2.07. The Morgan fingerprint density at radius 3 is 2.81 bits per heavy atom. The van der Waals surface area contributed by atoms with Gasteiger partial charge in [0.2, 0.25) is 0 Å². The molecule has 5 nitrogen and oxygen atoms in total. The summed E-state index contributed by atoms with van der Waals surface area (Å²) < 4.78 is 28.2. The molecule has 1 rings (SSSR count). The van der Waals surface area contributed by atoms with E-state index in [2.05, 4.69) is 9.84 Å². The molecule has 0 heterocycles. The van der Waals surface area contributed by atoms with E-state index in [4.69, 9.17) is 5.73 Å². The van der Waals surface area contributed by atoms with Gasteiger partial charge < -0.3 is 10.5 Å². The Balaban J connectivity index is 2.78. The van der Waals surface area contributed by atoms with Crippen LogP contribution in [0.1, 0.15) is 5.56 Å². The van der Waals surface area contributed by atoms with E-state index in [0.29, 0.717) is 5.56 Å². The number of amides is 2. The van der Waals surface area contributed by atoms with Gasteiger partial charge in [0, 0.05) is 5.56 Å². The van der Waals surface area contributed by atoms with Gasteiger partial charge in [-0.2, -0.15) is 13.9 Å². The second-order valence-electron chi connectivity index (χ2n) is 2.65. The van der Waals surface area contributed by atoms with Crippen LogP contribution < -0.4 is 15.9 Å². The van der Waals surface area contributed by atoms with Crippen LogP contribution in [0.4, 0.5) is 13.6 Å². The SMILES string of the molecule is NC(=O)NN=Cc1ccccc1OC(F)F. The molecule has 3 N–H and O–H groups in total. The fraction of sp³-hybridized carbons (Fsp3) is 0.111. The zero-order valence-corrected chi connectivity index (χ0v) is 8.06. The van der Waals surface area contributed by atoms with E-state index in [9.17, 15) is 13.6 Å². The van der Waals surface area contributed by atoms with Crippen molar-refractivity contribution < 1.29 is 18.3 Å². The van der Waals surface area contributed by atoms with Crippen molar-refractivity contribution in [3.05, 3.63) is 29.8 Å². The first-order valence-electron chi connectivity index (χ1n) is 4.22. The molecule has 0 fully saturated rings. The molecule has 0 unspecified atom stereocenters. The molecule has 1 aromatic rings. The first kappa shape index (κ1) is 11.9. The van der Waals surface area contributed by atoms with E-state index in [1.807, 2.05) is 5.43 Å². The molecule has 0 aliphatic carbocycles. The smallest absolute Gasteiger partial charge is 0.387 e. The van der Waals surface area contributed by atoms with Crippen molar-refractivity contribution in [1.82, 2.24) is 5.43 Å². The monoisotopic (exact) mass is 229 g/mol. The summed E-state index contributed by atoms with van der Waals surface area (Å²) in [4.78, 5) is 10.3. The minimum absolute atomic E-state index is 0.0347. The maximum Gasteiger partial charge on any atom is 0.387 e. The molecule has 0 radical (unpaired) electrons. The molecular weight excluding hydrogens is 220 g/mol. The van der Waals surface area contributed by atoms with E-state index < -0.39 is 12.6 Å². The van der Waals surface area contributed by atoms with E-state index >= 15 is 0 Å². The number of hydrogen-bond donors (Lipinski definition) is 2. The van der Waals surface area contributed by atoms with Gasteiger partial charge in [-0.3, -0.25) is 0 Å². The van der Waals surface area contributed by atoms with Crippen LogP contribution in [0.15, 0.2) is 29.4 Å². The molecule has 0 atom stereocenters. The number of benzene rings is 1. The summed E-state index contributed by atoms with van der Waals surface area (Å²) in [5.74, 6) is -0.0347. The Labute approximate surface area is 89.9 Å². The van der Waals surface area contributed by atoms with E-state index in [1.165, 1.54) is 18.2 Å². The summed E-state index contributed by atoms with van der Waals surface area (Å²) in [7, 11) is 0. The fourth-order valence-corrected chi connectivity index (χ4v) is 0.956. The Morgan fingerprint density at radius 1 is 1.50 bits per heavy atom. The average Bonchev–Trinajstić information content (AvgIpc) is 2.19.